The molecule has 3 rings (SSSR count). The Morgan fingerprint density at radius 1 is 1.12 bits per heavy atom. The number of hydrogen-bond acceptors (Lipinski definition) is 4. The molecule has 0 saturated heterocycles. The summed E-state index contributed by atoms with van der Waals surface area (Å²) in [6.07, 6.45) is 0. The molecule has 3 aromatic rings. The second-order valence-corrected chi connectivity index (χ2v) is 7.03. The number of methoxy groups -OCH3 is 1. The number of halogens is 1. The van der Waals surface area contributed by atoms with Gasteiger partial charge in [0.2, 0.25) is 10.0 Å². The number of hydrogen-bond donors (Lipinski definition) is 1. The van der Waals surface area contributed by atoms with Gasteiger partial charge < -0.3 is 4.74 Å². The van der Waals surface area contributed by atoms with Gasteiger partial charge in [-0.3, -0.25) is 0 Å². The van der Waals surface area contributed by atoms with Crippen LogP contribution >= 0.6 is 0 Å². The van der Waals surface area contributed by atoms with Gasteiger partial charge in [-0.15, -0.1) is 0 Å². The van der Waals surface area contributed by atoms with Gasteiger partial charge in [-0.2, -0.15) is 5.10 Å². The van der Waals surface area contributed by atoms with Crippen LogP contribution in [0.25, 0.3) is 16.9 Å². The van der Waals surface area contributed by atoms with Crippen LogP contribution in [0.3, 0.4) is 0 Å². The minimum atomic E-state index is -3.77. The van der Waals surface area contributed by atoms with Crippen molar-refractivity contribution in [3.05, 3.63) is 60.0 Å². The summed E-state index contributed by atoms with van der Waals surface area (Å²) in [5, 5.41) is 9.51. The smallest absolute Gasteiger partial charge is 0.238 e. The molecule has 0 atom stereocenters. The first-order valence-electron chi connectivity index (χ1n) is 7.33. The van der Waals surface area contributed by atoms with Crippen molar-refractivity contribution in [3.63, 3.8) is 0 Å². The largest absolute Gasteiger partial charge is 0.494 e. The summed E-state index contributed by atoms with van der Waals surface area (Å²) >= 11 is 0. The zero-order valence-corrected chi connectivity index (χ0v) is 14.4. The minimum absolute atomic E-state index is 0.0113. The summed E-state index contributed by atoms with van der Waals surface area (Å²) in [7, 11) is -2.36. The van der Waals surface area contributed by atoms with Gasteiger partial charge in [0.1, 0.15) is 0 Å². The Bertz CT molecular complexity index is 1030. The van der Waals surface area contributed by atoms with Crippen LogP contribution in [-0.4, -0.2) is 25.3 Å². The van der Waals surface area contributed by atoms with Crippen molar-refractivity contribution in [1.82, 2.24) is 9.78 Å². The number of aromatic nitrogens is 2. The Morgan fingerprint density at radius 3 is 2.36 bits per heavy atom. The number of sulfonamides is 1. The maximum absolute atomic E-state index is 14.0. The molecule has 0 bridgehead atoms. The first-order valence-corrected chi connectivity index (χ1v) is 8.88. The van der Waals surface area contributed by atoms with Crippen LogP contribution in [0.4, 0.5) is 4.39 Å². The van der Waals surface area contributed by atoms with E-state index in [2.05, 4.69) is 5.10 Å². The lowest BCUT2D eigenvalue weighted by Gasteiger charge is -2.09. The second kappa shape index (κ2) is 6.30. The van der Waals surface area contributed by atoms with E-state index >= 15 is 0 Å². The number of rotatable bonds is 4. The third-order valence-electron chi connectivity index (χ3n) is 3.69. The van der Waals surface area contributed by atoms with Crippen LogP contribution in [0.2, 0.25) is 0 Å². The Labute approximate surface area is 144 Å². The predicted molar refractivity (Wildman–Crippen MR) is 91.6 cm³/mol. The Kier molecular flexibility index (Phi) is 4.32. The highest BCUT2D eigenvalue weighted by Gasteiger charge is 2.14. The molecule has 0 aliphatic rings. The molecule has 6 nitrogen and oxygen atoms in total. The maximum Gasteiger partial charge on any atom is 0.238 e. The highest BCUT2D eigenvalue weighted by atomic mass is 32.2. The van der Waals surface area contributed by atoms with Crippen LogP contribution in [0.1, 0.15) is 5.69 Å². The van der Waals surface area contributed by atoms with Crippen molar-refractivity contribution in [2.45, 2.75) is 11.8 Å². The van der Waals surface area contributed by atoms with Gasteiger partial charge in [0, 0.05) is 5.56 Å². The number of ether oxygens (including phenoxy) is 1. The number of nitrogens with two attached hydrogens (primary N) is 1. The molecule has 0 radical (unpaired) electrons. The van der Waals surface area contributed by atoms with E-state index in [4.69, 9.17) is 9.88 Å². The van der Waals surface area contributed by atoms with E-state index in [0.717, 1.165) is 5.69 Å². The monoisotopic (exact) mass is 361 g/mol. The van der Waals surface area contributed by atoms with E-state index < -0.39 is 15.8 Å². The van der Waals surface area contributed by atoms with Crippen LogP contribution in [0.5, 0.6) is 5.75 Å². The van der Waals surface area contributed by atoms with Gasteiger partial charge in [-0.1, -0.05) is 0 Å². The van der Waals surface area contributed by atoms with E-state index in [0.29, 0.717) is 16.9 Å². The van der Waals surface area contributed by atoms with E-state index in [1.165, 1.54) is 25.3 Å². The molecular formula is C17H16FN3O3S. The highest BCUT2D eigenvalue weighted by molar-refractivity contribution is 7.89. The molecule has 8 heteroatoms. The van der Waals surface area contributed by atoms with Crippen molar-refractivity contribution >= 4 is 10.0 Å². The molecule has 0 amide bonds. The molecule has 1 heterocycles. The Morgan fingerprint density at radius 2 is 1.80 bits per heavy atom. The Balaban J connectivity index is 2.09. The summed E-state index contributed by atoms with van der Waals surface area (Å²) < 4.78 is 43.3. The number of primary sulfonamides is 1. The van der Waals surface area contributed by atoms with Gasteiger partial charge in [0.15, 0.2) is 11.6 Å². The van der Waals surface area contributed by atoms with Crippen molar-refractivity contribution in [1.29, 1.82) is 0 Å². The first-order chi connectivity index (χ1) is 11.8. The van der Waals surface area contributed by atoms with Crippen molar-refractivity contribution in [2.75, 3.05) is 7.11 Å². The molecule has 2 aromatic carbocycles. The van der Waals surface area contributed by atoms with Gasteiger partial charge in [0.25, 0.3) is 0 Å². The maximum atomic E-state index is 14.0. The number of aryl methyl sites for hydroxylation is 1. The molecule has 25 heavy (non-hydrogen) atoms. The molecular weight excluding hydrogens is 345 g/mol. The third-order valence-corrected chi connectivity index (χ3v) is 4.62. The van der Waals surface area contributed by atoms with Crippen LogP contribution < -0.4 is 9.88 Å². The van der Waals surface area contributed by atoms with Crippen LogP contribution in [0, 0.1) is 12.7 Å². The quantitative estimate of drug-likeness (QED) is 0.774. The zero-order chi connectivity index (χ0) is 18.2. The molecule has 0 aliphatic heterocycles. The minimum Gasteiger partial charge on any atom is -0.494 e. The number of nitrogens with zero attached hydrogens (tertiary/aromatic N) is 2. The topological polar surface area (TPSA) is 87.2 Å². The van der Waals surface area contributed by atoms with E-state index in [-0.39, 0.29) is 10.6 Å². The third kappa shape index (κ3) is 3.40. The average molecular weight is 361 g/mol. The fraction of sp³-hybridized carbons (Fsp3) is 0.118. The molecule has 1 aromatic heterocycles. The molecule has 0 aliphatic carbocycles. The first kappa shape index (κ1) is 17.1. The van der Waals surface area contributed by atoms with E-state index in [9.17, 15) is 12.8 Å². The summed E-state index contributed by atoms with van der Waals surface area (Å²) in [5.41, 5.74) is 2.66. The van der Waals surface area contributed by atoms with E-state index in [1.807, 2.05) is 13.0 Å². The standard InChI is InChI=1S/C17H16FN3O3S/c1-11-9-16(12-3-8-17(24-2)15(18)10-12)21(20-11)13-4-6-14(7-5-13)25(19,22)23/h3-10H,1-2H3,(H2,19,22,23). The SMILES string of the molecule is COc1ccc(-c2cc(C)nn2-c2ccc(S(N)(=O)=O)cc2)cc1F. The molecule has 0 saturated carbocycles. The lowest BCUT2D eigenvalue weighted by molar-refractivity contribution is 0.386. The van der Waals surface area contributed by atoms with Crippen molar-refractivity contribution in [2.24, 2.45) is 5.14 Å². The number of benzene rings is 2. The van der Waals surface area contributed by atoms with Crippen molar-refractivity contribution < 1.29 is 17.5 Å². The summed E-state index contributed by atoms with van der Waals surface area (Å²) in [6.45, 7) is 1.82. The van der Waals surface area contributed by atoms with Crippen LogP contribution in [0.15, 0.2) is 53.4 Å². The fourth-order valence-electron chi connectivity index (χ4n) is 2.50. The lowest BCUT2D eigenvalue weighted by Crippen LogP contribution is -2.12. The van der Waals surface area contributed by atoms with Crippen molar-refractivity contribution in [3.8, 4) is 22.7 Å². The van der Waals surface area contributed by atoms with Gasteiger partial charge in [-0.05, 0) is 55.5 Å². The predicted octanol–water partition coefficient (Wildman–Crippen LogP) is 2.64. The van der Waals surface area contributed by atoms with Gasteiger partial charge in [-0.25, -0.2) is 22.6 Å². The van der Waals surface area contributed by atoms with E-state index in [1.54, 1.807) is 28.9 Å². The summed E-state index contributed by atoms with van der Waals surface area (Å²) in [5.74, 6) is -0.320. The average Bonchev–Trinajstić information content (AvgIpc) is 2.96. The summed E-state index contributed by atoms with van der Waals surface area (Å²) in [6, 6.07) is 12.4. The molecule has 2 N–H and O–H groups in total. The molecule has 130 valence electrons. The molecule has 0 unspecified atom stereocenters. The second-order valence-electron chi connectivity index (χ2n) is 5.47. The molecule has 0 spiro atoms. The summed E-state index contributed by atoms with van der Waals surface area (Å²) in [4.78, 5) is 0.0113. The fourth-order valence-corrected chi connectivity index (χ4v) is 3.02. The van der Waals surface area contributed by atoms with Gasteiger partial charge in [0.05, 0.1) is 29.1 Å². The highest BCUT2D eigenvalue weighted by Crippen LogP contribution is 2.28. The Hall–Kier alpha value is -2.71. The van der Waals surface area contributed by atoms with Gasteiger partial charge >= 0.3 is 0 Å². The molecule has 0 fully saturated rings. The zero-order valence-electron chi connectivity index (χ0n) is 13.6. The lowest BCUT2D eigenvalue weighted by atomic mass is 10.1. The van der Waals surface area contributed by atoms with Crippen LogP contribution in [-0.2, 0) is 10.0 Å². The normalized spacial score (nSPS) is 11.5.